The fourth-order valence-corrected chi connectivity index (χ4v) is 3.77. The molecule has 0 spiro atoms. The second-order valence-electron chi connectivity index (χ2n) is 4.02. The molecule has 1 aromatic heterocycles. The molecule has 0 amide bonds. The first-order chi connectivity index (χ1) is 9.26. The predicted octanol–water partition coefficient (Wildman–Crippen LogP) is 4.05. The first-order valence-corrected chi connectivity index (χ1v) is 7.41. The summed E-state index contributed by atoms with van der Waals surface area (Å²) in [5.74, 6) is -0.243. The Morgan fingerprint density at radius 2 is 2.05 bits per heavy atom. The summed E-state index contributed by atoms with van der Waals surface area (Å²) in [5, 5.41) is 0. The lowest BCUT2D eigenvalue weighted by molar-refractivity contribution is 0.599. The summed E-state index contributed by atoms with van der Waals surface area (Å²) < 4.78 is 15.8. The Kier molecular flexibility index (Phi) is 3.50. The van der Waals surface area contributed by atoms with Gasteiger partial charge in [0.2, 0.25) is 0 Å². The van der Waals surface area contributed by atoms with E-state index in [-0.39, 0.29) is 5.82 Å². The van der Waals surface area contributed by atoms with Crippen molar-refractivity contribution in [3.05, 3.63) is 53.8 Å². The normalized spacial score (nSPS) is 11.1. The summed E-state index contributed by atoms with van der Waals surface area (Å²) in [4.78, 5) is 5.06. The van der Waals surface area contributed by atoms with Crippen LogP contribution in [0.4, 0.5) is 4.39 Å². The third kappa shape index (κ3) is 2.63. The zero-order chi connectivity index (χ0) is 13.2. The Balaban J connectivity index is 1.92. The van der Waals surface area contributed by atoms with Crippen LogP contribution in [0.2, 0.25) is 0 Å². The van der Waals surface area contributed by atoms with Crippen LogP contribution < -0.4 is 5.73 Å². The average molecular weight is 290 g/mol. The van der Waals surface area contributed by atoms with Crippen molar-refractivity contribution in [2.45, 2.75) is 15.8 Å². The Morgan fingerprint density at radius 3 is 2.79 bits per heavy atom. The van der Waals surface area contributed by atoms with Crippen LogP contribution in [0.1, 0.15) is 5.56 Å². The summed E-state index contributed by atoms with van der Waals surface area (Å²) in [5.41, 5.74) is 7.24. The lowest BCUT2D eigenvalue weighted by Crippen LogP contribution is -1.96. The lowest BCUT2D eigenvalue weighted by Gasteiger charge is -2.02. The molecule has 2 aromatic carbocycles. The van der Waals surface area contributed by atoms with E-state index in [1.54, 1.807) is 17.4 Å². The summed E-state index contributed by atoms with van der Waals surface area (Å²) >= 11 is 2.92. The van der Waals surface area contributed by atoms with Crippen molar-refractivity contribution in [1.82, 2.24) is 4.98 Å². The molecular formula is C14H11FN2S2. The number of rotatable bonds is 3. The van der Waals surface area contributed by atoms with Crippen LogP contribution in [0.15, 0.2) is 51.7 Å². The van der Waals surface area contributed by atoms with Crippen LogP contribution in [0.5, 0.6) is 0 Å². The molecule has 19 heavy (non-hydrogen) atoms. The first kappa shape index (κ1) is 12.6. The summed E-state index contributed by atoms with van der Waals surface area (Å²) in [6.07, 6.45) is 0. The highest BCUT2D eigenvalue weighted by Crippen LogP contribution is 2.35. The van der Waals surface area contributed by atoms with Crippen LogP contribution >= 0.6 is 23.1 Å². The Labute approximate surface area is 118 Å². The van der Waals surface area contributed by atoms with Crippen molar-refractivity contribution in [3.8, 4) is 0 Å². The van der Waals surface area contributed by atoms with Crippen molar-refractivity contribution >= 4 is 33.3 Å². The number of halogens is 1. The highest BCUT2D eigenvalue weighted by atomic mass is 32.2. The fraction of sp³-hybridized carbons (Fsp3) is 0.0714. The molecule has 1 heterocycles. The van der Waals surface area contributed by atoms with Gasteiger partial charge in [0.1, 0.15) is 5.82 Å². The van der Waals surface area contributed by atoms with Gasteiger partial charge in [0.15, 0.2) is 4.34 Å². The van der Waals surface area contributed by atoms with Gasteiger partial charge in [-0.3, -0.25) is 0 Å². The number of nitrogens with two attached hydrogens (primary N) is 1. The van der Waals surface area contributed by atoms with E-state index < -0.39 is 0 Å². The smallest absolute Gasteiger partial charge is 0.156 e. The van der Waals surface area contributed by atoms with Gasteiger partial charge < -0.3 is 5.73 Å². The average Bonchev–Trinajstić information content (AvgIpc) is 2.83. The van der Waals surface area contributed by atoms with Gasteiger partial charge in [0.05, 0.1) is 15.1 Å². The molecule has 2 nitrogen and oxygen atoms in total. The van der Waals surface area contributed by atoms with E-state index in [1.807, 2.05) is 30.3 Å². The molecule has 0 aliphatic rings. The highest BCUT2D eigenvalue weighted by molar-refractivity contribution is 8.01. The summed E-state index contributed by atoms with van der Waals surface area (Å²) in [6, 6.07) is 13.0. The van der Waals surface area contributed by atoms with E-state index >= 15 is 0 Å². The first-order valence-electron chi connectivity index (χ1n) is 5.78. The fourth-order valence-electron chi connectivity index (χ4n) is 1.74. The highest BCUT2D eigenvalue weighted by Gasteiger charge is 2.09. The van der Waals surface area contributed by atoms with Crippen molar-refractivity contribution in [1.29, 1.82) is 0 Å². The maximum Gasteiger partial charge on any atom is 0.156 e. The van der Waals surface area contributed by atoms with Crippen LogP contribution in [0, 0.1) is 5.82 Å². The number of para-hydroxylation sites is 1. The summed E-state index contributed by atoms with van der Waals surface area (Å²) in [6.45, 7) is 0.350. The third-order valence-electron chi connectivity index (χ3n) is 2.70. The molecule has 0 fully saturated rings. The zero-order valence-corrected chi connectivity index (χ0v) is 11.6. The molecule has 96 valence electrons. The molecule has 0 bridgehead atoms. The monoisotopic (exact) mass is 290 g/mol. The van der Waals surface area contributed by atoms with Gasteiger partial charge in [-0.1, -0.05) is 30.0 Å². The second-order valence-corrected chi connectivity index (χ2v) is 6.34. The van der Waals surface area contributed by atoms with Crippen LogP contribution in [0.25, 0.3) is 10.2 Å². The van der Waals surface area contributed by atoms with Gasteiger partial charge in [-0.15, -0.1) is 11.3 Å². The minimum Gasteiger partial charge on any atom is -0.326 e. The molecule has 0 saturated heterocycles. The number of fused-ring (bicyclic) bond motifs is 1. The molecule has 0 aliphatic heterocycles. The third-order valence-corrected chi connectivity index (χ3v) is 4.85. The molecule has 0 saturated carbocycles. The van der Waals surface area contributed by atoms with Crippen LogP contribution in [0.3, 0.4) is 0 Å². The molecule has 5 heteroatoms. The van der Waals surface area contributed by atoms with E-state index in [4.69, 9.17) is 5.73 Å². The Bertz CT molecular complexity index is 691. The van der Waals surface area contributed by atoms with E-state index in [0.717, 1.165) is 20.1 Å². The van der Waals surface area contributed by atoms with Crippen LogP contribution in [-0.4, -0.2) is 4.98 Å². The Morgan fingerprint density at radius 1 is 1.21 bits per heavy atom. The molecule has 3 rings (SSSR count). The van der Waals surface area contributed by atoms with Crippen molar-refractivity contribution < 1.29 is 4.39 Å². The maximum atomic E-state index is 13.9. The zero-order valence-electron chi connectivity index (χ0n) is 9.97. The van der Waals surface area contributed by atoms with Crippen molar-refractivity contribution in [2.24, 2.45) is 5.73 Å². The number of benzene rings is 2. The SMILES string of the molecule is NCc1ccc(Sc2nc3ccccc3s2)c(F)c1. The van der Waals surface area contributed by atoms with Gasteiger partial charge in [-0.05, 0) is 29.8 Å². The van der Waals surface area contributed by atoms with E-state index in [9.17, 15) is 4.39 Å². The topological polar surface area (TPSA) is 38.9 Å². The van der Waals surface area contributed by atoms with Crippen LogP contribution in [-0.2, 0) is 6.54 Å². The number of nitrogens with zero attached hydrogens (tertiary/aromatic N) is 1. The number of hydrogen-bond donors (Lipinski definition) is 1. The summed E-state index contributed by atoms with van der Waals surface area (Å²) in [7, 11) is 0. The minimum atomic E-state index is -0.243. The second kappa shape index (κ2) is 5.28. The molecule has 0 atom stereocenters. The molecule has 0 radical (unpaired) electrons. The molecule has 3 aromatic rings. The number of thiazole rings is 1. The minimum absolute atomic E-state index is 0.243. The van der Waals surface area contributed by atoms with E-state index in [2.05, 4.69) is 4.98 Å². The van der Waals surface area contributed by atoms with Gasteiger partial charge in [-0.25, -0.2) is 9.37 Å². The van der Waals surface area contributed by atoms with E-state index in [1.165, 1.54) is 17.8 Å². The standard InChI is InChI=1S/C14H11FN2S2/c15-10-7-9(8-16)5-6-12(10)18-14-17-11-3-1-2-4-13(11)19-14/h1-7H,8,16H2. The molecular weight excluding hydrogens is 279 g/mol. The number of aromatic nitrogens is 1. The number of hydrogen-bond acceptors (Lipinski definition) is 4. The maximum absolute atomic E-state index is 13.9. The largest absolute Gasteiger partial charge is 0.326 e. The Hall–Kier alpha value is -1.43. The van der Waals surface area contributed by atoms with Gasteiger partial charge in [0, 0.05) is 6.54 Å². The molecule has 0 aliphatic carbocycles. The van der Waals surface area contributed by atoms with Gasteiger partial charge in [-0.2, -0.15) is 0 Å². The predicted molar refractivity (Wildman–Crippen MR) is 78.0 cm³/mol. The van der Waals surface area contributed by atoms with Crippen molar-refractivity contribution in [3.63, 3.8) is 0 Å². The molecule has 2 N–H and O–H groups in total. The van der Waals surface area contributed by atoms with E-state index in [0.29, 0.717) is 11.4 Å². The lowest BCUT2D eigenvalue weighted by atomic mass is 10.2. The van der Waals surface area contributed by atoms with Gasteiger partial charge >= 0.3 is 0 Å². The van der Waals surface area contributed by atoms with Gasteiger partial charge in [0.25, 0.3) is 0 Å². The molecule has 0 unspecified atom stereocenters. The quantitative estimate of drug-likeness (QED) is 0.791. The van der Waals surface area contributed by atoms with Crippen molar-refractivity contribution in [2.75, 3.05) is 0 Å².